The van der Waals surface area contributed by atoms with Crippen molar-refractivity contribution >= 4 is 5.97 Å². The van der Waals surface area contributed by atoms with Gasteiger partial charge in [0.1, 0.15) is 5.54 Å². The zero-order chi connectivity index (χ0) is 13.6. The summed E-state index contributed by atoms with van der Waals surface area (Å²) in [6, 6.07) is 9.38. The van der Waals surface area contributed by atoms with Crippen molar-refractivity contribution in [2.75, 3.05) is 27.2 Å². The highest BCUT2D eigenvalue weighted by molar-refractivity contribution is 5.80. The van der Waals surface area contributed by atoms with Crippen molar-refractivity contribution in [2.45, 2.75) is 18.9 Å². The summed E-state index contributed by atoms with van der Waals surface area (Å²) >= 11 is 0. The average Bonchev–Trinajstić information content (AvgIpc) is 2.35. The molecule has 0 amide bonds. The molecule has 0 radical (unpaired) electrons. The molecule has 1 aromatic rings. The van der Waals surface area contributed by atoms with Crippen LogP contribution >= 0.6 is 0 Å². The van der Waals surface area contributed by atoms with Crippen molar-refractivity contribution in [3.8, 4) is 0 Å². The molecule has 1 aromatic carbocycles. The first-order chi connectivity index (χ1) is 8.53. The van der Waals surface area contributed by atoms with Gasteiger partial charge in [0, 0.05) is 6.54 Å². The van der Waals surface area contributed by atoms with Crippen molar-refractivity contribution in [2.24, 2.45) is 0 Å². The zero-order valence-corrected chi connectivity index (χ0v) is 11.3. The van der Waals surface area contributed by atoms with Crippen molar-refractivity contribution in [3.63, 3.8) is 0 Å². The van der Waals surface area contributed by atoms with Crippen LogP contribution in [-0.4, -0.2) is 43.2 Å². The van der Waals surface area contributed by atoms with E-state index in [1.54, 1.807) is 0 Å². The molecular formula is C14H22N2O2. The van der Waals surface area contributed by atoms with E-state index < -0.39 is 11.5 Å². The van der Waals surface area contributed by atoms with Gasteiger partial charge in [-0.15, -0.1) is 0 Å². The lowest BCUT2D eigenvalue weighted by atomic mass is 9.86. The number of carboxylic acid groups (broad SMARTS) is 1. The topological polar surface area (TPSA) is 52.6 Å². The van der Waals surface area contributed by atoms with Crippen LogP contribution in [-0.2, 0) is 10.3 Å². The Kier molecular flexibility index (Phi) is 5.31. The molecular weight excluding hydrogens is 228 g/mol. The molecule has 0 fully saturated rings. The average molecular weight is 250 g/mol. The summed E-state index contributed by atoms with van der Waals surface area (Å²) in [5, 5.41) is 12.8. The van der Waals surface area contributed by atoms with Gasteiger partial charge in [-0.3, -0.25) is 5.32 Å². The number of aliphatic carboxylic acids is 1. The van der Waals surface area contributed by atoms with E-state index >= 15 is 0 Å². The normalized spacial score (nSPS) is 14.4. The van der Waals surface area contributed by atoms with Crippen LogP contribution in [0.2, 0.25) is 0 Å². The molecule has 0 aliphatic carbocycles. The molecule has 0 spiro atoms. The zero-order valence-electron chi connectivity index (χ0n) is 11.3. The van der Waals surface area contributed by atoms with Crippen LogP contribution in [0.3, 0.4) is 0 Å². The van der Waals surface area contributed by atoms with E-state index in [1.165, 1.54) is 0 Å². The maximum absolute atomic E-state index is 11.7. The van der Waals surface area contributed by atoms with E-state index in [-0.39, 0.29) is 0 Å². The number of hydrogen-bond acceptors (Lipinski definition) is 3. The van der Waals surface area contributed by atoms with Gasteiger partial charge in [-0.25, -0.2) is 4.79 Å². The van der Waals surface area contributed by atoms with Gasteiger partial charge in [-0.2, -0.15) is 0 Å². The lowest BCUT2D eigenvalue weighted by molar-refractivity contribution is -0.145. The third kappa shape index (κ3) is 3.31. The van der Waals surface area contributed by atoms with Gasteiger partial charge in [-0.05, 0) is 32.6 Å². The van der Waals surface area contributed by atoms with E-state index in [1.807, 2.05) is 56.3 Å². The number of hydrogen-bond donors (Lipinski definition) is 2. The fourth-order valence-electron chi connectivity index (χ4n) is 2.06. The lowest BCUT2D eigenvalue weighted by Gasteiger charge is -2.32. The van der Waals surface area contributed by atoms with Crippen molar-refractivity contribution in [3.05, 3.63) is 35.9 Å². The fourth-order valence-corrected chi connectivity index (χ4v) is 2.06. The molecule has 0 aliphatic heterocycles. The Labute approximate surface area is 109 Å². The van der Waals surface area contributed by atoms with E-state index in [4.69, 9.17) is 0 Å². The predicted molar refractivity (Wildman–Crippen MR) is 72.6 cm³/mol. The number of carbonyl (C=O) groups is 1. The minimum atomic E-state index is -1.000. The molecule has 0 aliphatic rings. The lowest BCUT2D eigenvalue weighted by Crippen LogP contribution is -2.50. The van der Waals surface area contributed by atoms with Gasteiger partial charge < -0.3 is 10.0 Å². The molecule has 1 unspecified atom stereocenters. The Morgan fingerprint density at radius 2 is 1.94 bits per heavy atom. The van der Waals surface area contributed by atoms with E-state index in [2.05, 4.69) is 5.32 Å². The van der Waals surface area contributed by atoms with E-state index in [9.17, 15) is 9.90 Å². The molecule has 0 heterocycles. The molecule has 0 saturated heterocycles. The first-order valence-corrected chi connectivity index (χ1v) is 6.21. The summed E-state index contributed by atoms with van der Waals surface area (Å²) in [5.74, 6) is -0.822. The van der Waals surface area contributed by atoms with Gasteiger partial charge >= 0.3 is 5.97 Å². The second kappa shape index (κ2) is 6.52. The SMILES string of the molecule is CCNC(CCN(C)C)(C(=O)O)c1ccccc1. The van der Waals surface area contributed by atoms with Crippen LogP contribution in [0.25, 0.3) is 0 Å². The third-order valence-electron chi connectivity index (χ3n) is 3.04. The smallest absolute Gasteiger partial charge is 0.328 e. The molecule has 18 heavy (non-hydrogen) atoms. The second-order valence-corrected chi connectivity index (χ2v) is 4.66. The molecule has 2 N–H and O–H groups in total. The van der Waals surface area contributed by atoms with Gasteiger partial charge in [0.15, 0.2) is 0 Å². The number of rotatable bonds is 7. The third-order valence-corrected chi connectivity index (χ3v) is 3.04. The van der Waals surface area contributed by atoms with Gasteiger partial charge in [0.05, 0.1) is 0 Å². The van der Waals surface area contributed by atoms with Crippen LogP contribution in [0.1, 0.15) is 18.9 Å². The highest BCUT2D eigenvalue weighted by Gasteiger charge is 2.39. The Morgan fingerprint density at radius 3 is 2.39 bits per heavy atom. The number of nitrogens with one attached hydrogen (secondary N) is 1. The highest BCUT2D eigenvalue weighted by Crippen LogP contribution is 2.25. The summed E-state index contributed by atoms with van der Waals surface area (Å²) in [5.41, 5.74) is -0.193. The number of benzene rings is 1. The monoisotopic (exact) mass is 250 g/mol. The van der Waals surface area contributed by atoms with Crippen LogP contribution in [0.4, 0.5) is 0 Å². The Hall–Kier alpha value is -1.39. The minimum Gasteiger partial charge on any atom is -0.480 e. The van der Waals surface area contributed by atoms with Crippen molar-refractivity contribution < 1.29 is 9.90 Å². The Bertz CT molecular complexity index is 379. The quantitative estimate of drug-likeness (QED) is 0.770. The summed E-state index contributed by atoms with van der Waals surface area (Å²) < 4.78 is 0. The van der Waals surface area contributed by atoms with Gasteiger partial charge in [-0.1, -0.05) is 37.3 Å². The maximum atomic E-state index is 11.7. The number of nitrogens with zero attached hydrogens (tertiary/aromatic N) is 1. The summed E-state index contributed by atoms with van der Waals surface area (Å²) in [7, 11) is 3.90. The largest absolute Gasteiger partial charge is 0.480 e. The van der Waals surface area contributed by atoms with Gasteiger partial charge in [0.25, 0.3) is 0 Å². The summed E-state index contributed by atoms with van der Waals surface area (Å²) in [6.07, 6.45) is 0.535. The predicted octanol–water partition coefficient (Wildman–Crippen LogP) is 1.53. The number of likely N-dealkylation sites (N-methyl/N-ethyl adjacent to an activating group) is 1. The van der Waals surface area contributed by atoms with Crippen LogP contribution < -0.4 is 5.32 Å². The van der Waals surface area contributed by atoms with Crippen LogP contribution in [0, 0.1) is 0 Å². The molecule has 100 valence electrons. The number of carboxylic acids is 1. The molecule has 0 saturated carbocycles. The van der Waals surface area contributed by atoms with E-state index in [0.717, 1.165) is 5.56 Å². The Morgan fingerprint density at radius 1 is 1.33 bits per heavy atom. The van der Waals surface area contributed by atoms with Crippen molar-refractivity contribution in [1.29, 1.82) is 0 Å². The first-order valence-electron chi connectivity index (χ1n) is 6.21. The summed E-state index contributed by atoms with van der Waals surface area (Å²) in [6.45, 7) is 3.26. The molecule has 1 rings (SSSR count). The molecule has 1 atom stereocenters. The van der Waals surface area contributed by atoms with E-state index in [0.29, 0.717) is 19.5 Å². The molecule has 0 bridgehead atoms. The van der Waals surface area contributed by atoms with Crippen LogP contribution in [0.15, 0.2) is 30.3 Å². The molecule has 4 heteroatoms. The maximum Gasteiger partial charge on any atom is 0.328 e. The van der Waals surface area contributed by atoms with Crippen LogP contribution in [0.5, 0.6) is 0 Å². The highest BCUT2D eigenvalue weighted by atomic mass is 16.4. The molecule has 4 nitrogen and oxygen atoms in total. The Balaban J connectivity index is 3.09. The summed E-state index contributed by atoms with van der Waals surface area (Å²) in [4.78, 5) is 13.7. The van der Waals surface area contributed by atoms with Crippen molar-refractivity contribution in [1.82, 2.24) is 10.2 Å². The molecule has 0 aromatic heterocycles. The first kappa shape index (κ1) is 14.7. The standard InChI is InChI=1S/C14H22N2O2/c1-4-15-14(13(17)18,10-11-16(2)3)12-8-6-5-7-9-12/h5-9,15H,4,10-11H2,1-3H3,(H,17,18). The minimum absolute atomic E-state index is 0.535. The second-order valence-electron chi connectivity index (χ2n) is 4.66. The fraction of sp³-hybridized carbons (Fsp3) is 0.500. The van der Waals surface area contributed by atoms with Gasteiger partial charge in [0.2, 0.25) is 0 Å².